The van der Waals surface area contributed by atoms with Gasteiger partial charge in [0.1, 0.15) is 5.01 Å². The van der Waals surface area contributed by atoms with Gasteiger partial charge in [-0.05, 0) is 26.7 Å². The molecule has 1 aliphatic carbocycles. The third kappa shape index (κ3) is 4.87. The Morgan fingerprint density at radius 3 is 2.70 bits per heavy atom. The minimum atomic E-state index is 0.108. The molecule has 0 radical (unpaired) electrons. The Hall–Kier alpha value is -0.940. The molecule has 1 fully saturated rings. The van der Waals surface area contributed by atoms with Crippen LogP contribution in [0.4, 0.5) is 0 Å². The van der Waals surface area contributed by atoms with Gasteiger partial charge in [-0.15, -0.1) is 11.3 Å². The number of thiazole rings is 1. The molecule has 0 spiro atoms. The van der Waals surface area contributed by atoms with E-state index in [2.05, 4.69) is 22.5 Å². The number of nitrogens with one attached hydrogen (secondary N) is 2. The van der Waals surface area contributed by atoms with Gasteiger partial charge in [0, 0.05) is 17.1 Å². The van der Waals surface area contributed by atoms with Crippen molar-refractivity contribution in [2.45, 2.75) is 64.5 Å². The first-order valence-corrected chi connectivity index (χ1v) is 8.48. The first kappa shape index (κ1) is 15.4. The topological polar surface area (TPSA) is 54.0 Å². The third-order valence-electron chi connectivity index (χ3n) is 3.80. The van der Waals surface area contributed by atoms with Crippen LogP contribution in [0.25, 0.3) is 0 Å². The maximum Gasteiger partial charge on any atom is 0.234 e. The number of carbonyl (C=O) groups excluding carboxylic acids is 1. The quantitative estimate of drug-likeness (QED) is 0.821. The van der Waals surface area contributed by atoms with E-state index in [1.807, 2.05) is 12.3 Å². The van der Waals surface area contributed by atoms with Gasteiger partial charge in [-0.2, -0.15) is 0 Å². The fourth-order valence-corrected chi connectivity index (χ4v) is 3.43. The summed E-state index contributed by atoms with van der Waals surface area (Å²) in [5.74, 6) is 0.108. The molecule has 0 bridgehead atoms. The second-order valence-corrected chi connectivity index (χ2v) is 6.58. The van der Waals surface area contributed by atoms with Crippen molar-refractivity contribution in [2.24, 2.45) is 0 Å². The number of aryl methyl sites for hydroxylation is 1. The molecule has 1 heterocycles. The van der Waals surface area contributed by atoms with Crippen molar-refractivity contribution in [3.63, 3.8) is 0 Å². The van der Waals surface area contributed by atoms with E-state index in [1.54, 1.807) is 11.3 Å². The lowest BCUT2D eigenvalue weighted by Crippen LogP contribution is -2.40. The number of carbonyl (C=O) groups is 1. The molecule has 4 nitrogen and oxygen atoms in total. The van der Waals surface area contributed by atoms with Crippen molar-refractivity contribution >= 4 is 17.2 Å². The predicted octanol–water partition coefficient (Wildman–Crippen LogP) is 2.94. The maximum absolute atomic E-state index is 12.0. The number of amides is 1. The van der Waals surface area contributed by atoms with E-state index in [0.717, 1.165) is 23.5 Å². The van der Waals surface area contributed by atoms with Gasteiger partial charge in [-0.3, -0.25) is 10.1 Å². The van der Waals surface area contributed by atoms with E-state index in [9.17, 15) is 4.79 Å². The fourth-order valence-electron chi connectivity index (χ4n) is 2.61. The molecule has 1 unspecified atom stereocenters. The van der Waals surface area contributed by atoms with Crippen molar-refractivity contribution in [2.75, 3.05) is 6.54 Å². The minimum absolute atomic E-state index is 0.108. The van der Waals surface area contributed by atoms with Crippen LogP contribution in [0.2, 0.25) is 0 Å². The first-order chi connectivity index (χ1) is 9.65. The SMILES string of the molecule is Cc1csc(C(C)NCC(=O)NC2CCCCCC2)n1. The molecule has 20 heavy (non-hydrogen) atoms. The van der Waals surface area contributed by atoms with Gasteiger partial charge < -0.3 is 5.32 Å². The van der Waals surface area contributed by atoms with Gasteiger partial charge in [-0.1, -0.05) is 25.7 Å². The number of nitrogens with zero attached hydrogens (tertiary/aromatic N) is 1. The summed E-state index contributed by atoms with van der Waals surface area (Å²) < 4.78 is 0. The van der Waals surface area contributed by atoms with Crippen LogP contribution < -0.4 is 10.6 Å². The van der Waals surface area contributed by atoms with Crippen molar-refractivity contribution in [1.29, 1.82) is 0 Å². The fraction of sp³-hybridized carbons (Fsp3) is 0.733. The summed E-state index contributed by atoms with van der Waals surface area (Å²) in [5.41, 5.74) is 1.04. The lowest BCUT2D eigenvalue weighted by atomic mass is 10.1. The largest absolute Gasteiger partial charge is 0.352 e. The molecule has 1 aliphatic rings. The van der Waals surface area contributed by atoms with E-state index in [4.69, 9.17) is 0 Å². The van der Waals surface area contributed by atoms with Crippen LogP contribution in [0.1, 0.15) is 62.2 Å². The standard InChI is InChI=1S/C15H25N3OS/c1-11-10-20-15(17-11)12(2)16-9-14(19)18-13-7-5-3-4-6-8-13/h10,12-13,16H,3-9H2,1-2H3,(H,18,19). The van der Waals surface area contributed by atoms with Gasteiger partial charge in [0.15, 0.2) is 0 Å². The summed E-state index contributed by atoms with van der Waals surface area (Å²) >= 11 is 1.64. The van der Waals surface area contributed by atoms with Crippen LogP contribution in [0.5, 0.6) is 0 Å². The van der Waals surface area contributed by atoms with Gasteiger partial charge >= 0.3 is 0 Å². The molecule has 5 heteroatoms. The molecular formula is C15H25N3OS. The zero-order valence-corrected chi connectivity index (χ0v) is 13.3. The van der Waals surface area contributed by atoms with Gasteiger partial charge in [0.05, 0.1) is 12.6 Å². The Morgan fingerprint density at radius 2 is 2.10 bits per heavy atom. The molecule has 0 aliphatic heterocycles. The highest BCUT2D eigenvalue weighted by Crippen LogP contribution is 2.18. The molecule has 1 aromatic heterocycles. The smallest absolute Gasteiger partial charge is 0.234 e. The number of aromatic nitrogens is 1. The number of hydrogen-bond acceptors (Lipinski definition) is 4. The Kier molecular flexibility index (Phi) is 5.98. The lowest BCUT2D eigenvalue weighted by Gasteiger charge is -2.17. The van der Waals surface area contributed by atoms with Gasteiger partial charge in [0.25, 0.3) is 0 Å². The maximum atomic E-state index is 12.0. The average Bonchev–Trinajstić information content (AvgIpc) is 2.70. The molecule has 1 saturated carbocycles. The summed E-state index contributed by atoms with van der Waals surface area (Å²) in [6, 6.07) is 0.512. The van der Waals surface area contributed by atoms with Crippen LogP contribution >= 0.6 is 11.3 Å². The van der Waals surface area contributed by atoms with Crippen LogP contribution in [-0.4, -0.2) is 23.5 Å². The molecule has 1 aromatic rings. The summed E-state index contributed by atoms with van der Waals surface area (Å²) in [5, 5.41) is 9.49. The Balaban J connectivity index is 1.71. The van der Waals surface area contributed by atoms with Crippen LogP contribution in [-0.2, 0) is 4.79 Å². The monoisotopic (exact) mass is 295 g/mol. The van der Waals surface area contributed by atoms with Crippen molar-refractivity contribution in [1.82, 2.24) is 15.6 Å². The van der Waals surface area contributed by atoms with Crippen LogP contribution in [0.15, 0.2) is 5.38 Å². The summed E-state index contributed by atoms with van der Waals surface area (Å²) in [6.45, 7) is 4.42. The number of hydrogen-bond donors (Lipinski definition) is 2. The lowest BCUT2D eigenvalue weighted by molar-refractivity contribution is -0.121. The zero-order chi connectivity index (χ0) is 14.4. The number of rotatable bonds is 5. The van der Waals surface area contributed by atoms with E-state index in [-0.39, 0.29) is 11.9 Å². The van der Waals surface area contributed by atoms with E-state index in [0.29, 0.717) is 12.6 Å². The average molecular weight is 295 g/mol. The molecule has 0 saturated heterocycles. The Bertz CT molecular complexity index is 425. The third-order valence-corrected chi connectivity index (χ3v) is 4.94. The summed E-state index contributed by atoms with van der Waals surface area (Å²) in [7, 11) is 0. The van der Waals surface area contributed by atoms with Crippen LogP contribution in [0, 0.1) is 6.92 Å². The Labute approximate surface area is 125 Å². The summed E-state index contributed by atoms with van der Waals surface area (Å²) in [4.78, 5) is 16.4. The van der Waals surface area contributed by atoms with Crippen molar-refractivity contribution in [3.05, 3.63) is 16.1 Å². The first-order valence-electron chi connectivity index (χ1n) is 7.60. The highest BCUT2D eigenvalue weighted by Gasteiger charge is 2.16. The van der Waals surface area contributed by atoms with E-state index >= 15 is 0 Å². The predicted molar refractivity (Wildman–Crippen MR) is 82.9 cm³/mol. The minimum Gasteiger partial charge on any atom is -0.352 e. The van der Waals surface area contributed by atoms with Crippen LogP contribution in [0.3, 0.4) is 0 Å². The molecule has 112 valence electrons. The van der Waals surface area contributed by atoms with Crippen molar-refractivity contribution in [3.8, 4) is 0 Å². The van der Waals surface area contributed by atoms with E-state index < -0.39 is 0 Å². The normalized spacial score (nSPS) is 18.5. The summed E-state index contributed by atoms with van der Waals surface area (Å²) in [6.07, 6.45) is 7.37. The second kappa shape index (κ2) is 7.74. The molecule has 2 N–H and O–H groups in total. The highest BCUT2D eigenvalue weighted by atomic mass is 32.1. The molecule has 2 rings (SSSR count). The molecule has 1 amide bonds. The van der Waals surface area contributed by atoms with Gasteiger partial charge in [-0.25, -0.2) is 4.98 Å². The Morgan fingerprint density at radius 1 is 1.40 bits per heavy atom. The molecule has 1 atom stereocenters. The zero-order valence-electron chi connectivity index (χ0n) is 12.4. The molecule has 0 aromatic carbocycles. The highest BCUT2D eigenvalue weighted by molar-refractivity contribution is 7.09. The van der Waals surface area contributed by atoms with Gasteiger partial charge in [0.2, 0.25) is 5.91 Å². The second-order valence-electron chi connectivity index (χ2n) is 5.69. The van der Waals surface area contributed by atoms with E-state index in [1.165, 1.54) is 25.7 Å². The van der Waals surface area contributed by atoms with Crippen molar-refractivity contribution < 1.29 is 4.79 Å². The molecular weight excluding hydrogens is 270 g/mol.